The molecule has 2 atom stereocenters. The Morgan fingerprint density at radius 1 is 0.604 bits per heavy atom. The van der Waals surface area contributed by atoms with Crippen molar-refractivity contribution in [2.75, 3.05) is 0 Å². The van der Waals surface area contributed by atoms with Crippen LogP contribution in [0, 0.1) is 10.8 Å². The maximum Gasteiger partial charge on any atom is 0.408 e. The first-order chi connectivity index (χ1) is 22.1. The van der Waals surface area contributed by atoms with Gasteiger partial charge in [0.25, 0.3) is 0 Å². The molecule has 2 amide bonds. The summed E-state index contributed by atoms with van der Waals surface area (Å²) >= 11 is 0. The van der Waals surface area contributed by atoms with Crippen molar-refractivity contribution in [3.63, 3.8) is 0 Å². The average Bonchev–Trinajstić information content (AvgIpc) is 3.62. The van der Waals surface area contributed by atoms with Gasteiger partial charge in [-0.05, 0) is 52.4 Å². The molecule has 4 aromatic rings. The number of carbonyl (C=O) groups excluding carboxylic acids is 2. The van der Waals surface area contributed by atoms with Crippen molar-refractivity contribution in [3.8, 4) is 33.9 Å². The van der Waals surface area contributed by atoms with Crippen LogP contribution in [-0.4, -0.2) is 53.3 Å². The molecular formula is C36H50N8O4. The molecule has 0 radical (unpaired) electrons. The van der Waals surface area contributed by atoms with E-state index in [0.717, 1.165) is 22.4 Å². The normalized spacial score (nSPS) is 13.8. The first kappa shape index (κ1) is 36.1. The molecule has 4 N–H and O–H groups in total. The zero-order valence-corrected chi connectivity index (χ0v) is 30.2. The van der Waals surface area contributed by atoms with Crippen LogP contribution in [0.5, 0.6) is 0 Å². The molecule has 0 saturated carbocycles. The number of nitrogens with one attached hydrogen (secondary N) is 4. The summed E-state index contributed by atoms with van der Waals surface area (Å²) in [5.41, 5.74) is 2.03. The summed E-state index contributed by atoms with van der Waals surface area (Å²) in [4.78, 5) is 50.3. The van der Waals surface area contributed by atoms with E-state index >= 15 is 0 Å². The van der Waals surface area contributed by atoms with E-state index in [1.165, 1.54) is 0 Å². The molecule has 0 aliphatic rings. The van der Waals surface area contributed by atoms with Gasteiger partial charge >= 0.3 is 12.2 Å². The van der Waals surface area contributed by atoms with Gasteiger partial charge in [-0.3, -0.25) is 0 Å². The Labute approximate surface area is 283 Å². The number of rotatable bonds is 7. The molecule has 3 aromatic heterocycles. The van der Waals surface area contributed by atoms with Crippen LogP contribution < -0.4 is 10.6 Å². The van der Waals surface area contributed by atoms with E-state index in [2.05, 4.69) is 30.6 Å². The highest BCUT2D eigenvalue weighted by Gasteiger charge is 2.33. The SMILES string of the molecule is CC(C)(C)OC(=O)N[C@H](c1nc(-c2ccc(-c3ncc(-c4c[nH]c([C@@H](NC(=O)OC(C)(C)C)C(C)(C)C)n4)cn3)cc2)c[nH]1)C(C)(C)C. The van der Waals surface area contributed by atoms with Gasteiger partial charge in [-0.2, -0.15) is 0 Å². The topological polar surface area (TPSA) is 160 Å². The fraction of sp³-hybridized carbons (Fsp3) is 0.500. The number of carbonyl (C=O) groups is 2. The number of alkyl carbamates (subject to hydrolysis) is 2. The minimum atomic E-state index is -0.611. The van der Waals surface area contributed by atoms with Crippen LogP contribution in [0.1, 0.15) is 107 Å². The lowest BCUT2D eigenvalue weighted by molar-refractivity contribution is 0.0448. The molecular weight excluding hydrogens is 608 g/mol. The minimum absolute atomic E-state index is 0.317. The van der Waals surface area contributed by atoms with E-state index in [-0.39, 0.29) is 10.8 Å². The second kappa shape index (κ2) is 13.4. The third-order valence-corrected chi connectivity index (χ3v) is 7.18. The summed E-state index contributed by atoms with van der Waals surface area (Å²) in [6.07, 6.45) is 6.07. The third kappa shape index (κ3) is 9.65. The van der Waals surface area contributed by atoms with Gasteiger partial charge in [0, 0.05) is 41.5 Å². The number of hydrogen-bond donors (Lipinski definition) is 4. The Hall–Kier alpha value is -4.74. The fourth-order valence-corrected chi connectivity index (χ4v) is 4.91. The van der Waals surface area contributed by atoms with Gasteiger partial charge in [-0.1, -0.05) is 65.8 Å². The number of aromatic nitrogens is 6. The zero-order chi connectivity index (χ0) is 35.7. The Kier molecular flexibility index (Phi) is 10.1. The van der Waals surface area contributed by atoms with E-state index in [0.29, 0.717) is 23.2 Å². The van der Waals surface area contributed by atoms with E-state index in [9.17, 15) is 9.59 Å². The zero-order valence-electron chi connectivity index (χ0n) is 30.2. The first-order valence-electron chi connectivity index (χ1n) is 16.1. The van der Waals surface area contributed by atoms with Gasteiger partial charge in [-0.25, -0.2) is 29.5 Å². The Balaban J connectivity index is 1.47. The number of H-pyrrole nitrogens is 2. The second-order valence-electron chi connectivity index (χ2n) is 16.1. The fourth-order valence-electron chi connectivity index (χ4n) is 4.91. The Morgan fingerprint density at radius 3 is 1.35 bits per heavy atom. The van der Waals surface area contributed by atoms with Crippen molar-refractivity contribution < 1.29 is 19.1 Å². The molecule has 12 heteroatoms. The first-order valence-corrected chi connectivity index (χ1v) is 16.1. The Morgan fingerprint density at radius 2 is 0.979 bits per heavy atom. The van der Waals surface area contributed by atoms with Gasteiger partial charge in [0.05, 0.1) is 23.5 Å². The molecule has 0 bridgehead atoms. The van der Waals surface area contributed by atoms with Crippen molar-refractivity contribution in [2.24, 2.45) is 10.8 Å². The van der Waals surface area contributed by atoms with Crippen molar-refractivity contribution in [2.45, 2.75) is 106 Å². The maximum absolute atomic E-state index is 12.6. The number of aromatic amines is 2. The number of hydrogen-bond acceptors (Lipinski definition) is 8. The third-order valence-electron chi connectivity index (χ3n) is 7.18. The van der Waals surface area contributed by atoms with Crippen LogP contribution in [0.3, 0.4) is 0 Å². The highest BCUT2D eigenvalue weighted by Crippen LogP contribution is 2.34. The quantitative estimate of drug-likeness (QED) is 0.155. The van der Waals surface area contributed by atoms with Crippen LogP contribution in [-0.2, 0) is 9.47 Å². The molecule has 12 nitrogen and oxygen atoms in total. The van der Waals surface area contributed by atoms with Gasteiger partial charge in [-0.15, -0.1) is 0 Å². The molecule has 0 spiro atoms. The molecule has 4 rings (SSSR count). The summed E-state index contributed by atoms with van der Waals surface area (Å²) < 4.78 is 11.0. The van der Waals surface area contributed by atoms with Crippen LogP contribution in [0.15, 0.2) is 49.1 Å². The van der Waals surface area contributed by atoms with Crippen LogP contribution in [0.4, 0.5) is 9.59 Å². The largest absolute Gasteiger partial charge is 0.444 e. The average molecular weight is 659 g/mol. The van der Waals surface area contributed by atoms with Crippen molar-refractivity contribution in [1.29, 1.82) is 0 Å². The van der Waals surface area contributed by atoms with Crippen molar-refractivity contribution in [3.05, 3.63) is 60.7 Å². The molecule has 0 aliphatic heterocycles. The second-order valence-corrected chi connectivity index (χ2v) is 16.1. The number of imidazole rings is 2. The van der Waals surface area contributed by atoms with E-state index < -0.39 is 35.5 Å². The van der Waals surface area contributed by atoms with Gasteiger partial charge in [0.15, 0.2) is 5.82 Å². The molecule has 1 aromatic carbocycles. The van der Waals surface area contributed by atoms with Crippen molar-refractivity contribution >= 4 is 12.2 Å². The van der Waals surface area contributed by atoms with Gasteiger partial charge in [0.1, 0.15) is 22.9 Å². The molecule has 0 aliphatic carbocycles. The molecule has 48 heavy (non-hydrogen) atoms. The lowest BCUT2D eigenvalue weighted by Gasteiger charge is -2.31. The standard InChI is InChI=1S/C36H50N8O4/c1-33(2,3)26(43-31(45)47-35(7,8)9)29-39-19-24(41-29)21-13-15-22(16-14-21)28-37-17-23(18-38-28)25-20-40-30(42-25)27(34(4,5)6)44-32(46)48-36(10,11)12/h13-20,26-27H,1-12H3,(H,39,41)(H,40,42)(H,43,45)(H,44,46)/t26-,27-/m1/s1. The van der Waals surface area contributed by atoms with Crippen LogP contribution >= 0.6 is 0 Å². The predicted octanol–water partition coefficient (Wildman–Crippen LogP) is 8.15. The smallest absolute Gasteiger partial charge is 0.408 e. The number of benzene rings is 1. The summed E-state index contributed by atoms with van der Waals surface area (Å²) in [6, 6.07) is 7.02. The molecule has 258 valence electrons. The summed E-state index contributed by atoms with van der Waals surface area (Å²) in [5.74, 6) is 1.82. The monoisotopic (exact) mass is 658 g/mol. The lowest BCUT2D eigenvalue weighted by atomic mass is 9.86. The van der Waals surface area contributed by atoms with Gasteiger partial charge < -0.3 is 30.1 Å². The number of amides is 2. The molecule has 0 saturated heterocycles. The predicted molar refractivity (Wildman–Crippen MR) is 186 cm³/mol. The Bertz CT molecular complexity index is 1570. The number of ether oxygens (including phenoxy) is 2. The highest BCUT2D eigenvalue weighted by molar-refractivity contribution is 5.69. The summed E-state index contributed by atoms with van der Waals surface area (Å²) in [7, 11) is 0. The van der Waals surface area contributed by atoms with E-state index in [1.54, 1.807) is 18.6 Å². The number of nitrogens with zero attached hydrogens (tertiary/aromatic N) is 4. The lowest BCUT2D eigenvalue weighted by Crippen LogP contribution is -2.40. The van der Waals surface area contributed by atoms with E-state index in [4.69, 9.17) is 19.4 Å². The molecule has 0 fully saturated rings. The molecule has 3 heterocycles. The van der Waals surface area contributed by atoms with Crippen LogP contribution in [0.2, 0.25) is 0 Å². The summed E-state index contributed by atoms with van der Waals surface area (Å²) in [5, 5.41) is 5.92. The summed E-state index contributed by atoms with van der Waals surface area (Å²) in [6.45, 7) is 23.2. The van der Waals surface area contributed by atoms with E-state index in [1.807, 2.05) is 114 Å². The molecule has 0 unspecified atom stereocenters. The van der Waals surface area contributed by atoms with Crippen LogP contribution in [0.25, 0.3) is 33.9 Å². The maximum atomic E-state index is 12.6. The van der Waals surface area contributed by atoms with Gasteiger partial charge in [0.2, 0.25) is 0 Å². The minimum Gasteiger partial charge on any atom is -0.444 e. The van der Waals surface area contributed by atoms with Crippen molar-refractivity contribution in [1.82, 2.24) is 40.5 Å². The highest BCUT2D eigenvalue weighted by atomic mass is 16.6.